The highest BCUT2D eigenvalue weighted by Gasteiger charge is 2.01. The van der Waals surface area contributed by atoms with E-state index in [9.17, 15) is 9.59 Å². The van der Waals surface area contributed by atoms with E-state index in [1.54, 1.807) is 24.3 Å². The highest BCUT2D eigenvalue weighted by Crippen LogP contribution is 2.11. The van der Waals surface area contributed by atoms with Crippen LogP contribution in [0.2, 0.25) is 0 Å². The molecule has 5 heteroatoms. The minimum Gasteiger partial charge on any atom is -0.490 e. The number of hydrogen-bond acceptors (Lipinski definition) is 3. The summed E-state index contributed by atoms with van der Waals surface area (Å²) in [5.41, 5.74) is 5.70. The minimum atomic E-state index is -0.974. The first-order valence-corrected chi connectivity index (χ1v) is 4.93. The lowest BCUT2D eigenvalue weighted by atomic mass is 10.2. The van der Waals surface area contributed by atoms with Crippen molar-refractivity contribution >= 4 is 11.9 Å². The molecule has 0 atom stereocenters. The summed E-state index contributed by atoms with van der Waals surface area (Å²) in [7, 11) is 0. The summed E-state index contributed by atoms with van der Waals surface area (Å²) in [6, 6.07) is 6.30. The Morgan fingerprint density at radius 1 is 1.35 bits per heavy atom. The van der Waals surface area contributed by atoms with E-state index in [0.29, 0.717) is 11.3 Å². The second kappa shape index (κ2) is 5.69. The molecule has 0 aromatic heterocycles. The lowest BCUT2D eigenvalue weighted by molar-refractivity contribution is -0.132. The molecule has 1 aromatic carbocycles. The number of aliphatic carboxylic acids is 1. The molecule has 17 heavy (non-hydrogen) atoms. The third-order valence-corrected chi connectivity index (χ3v) is 2.12. The van der Waals surface area contributed by atoms with Gasteiger partial charge in [-0.3, -0.25) is 4.79 Å². The van der Waals surface area contributed by atoms with E-state index in [1.807, 2.05) is 0 Å². The van der Waals surface area contributed by atoms with E-state index in [-0.39, 0.29) is 12.2 Å². The number of primary amides is 1. The summed E-state index contributed by atoms with van der Waals surface area (Å²) < 4.78 is 5.27. The molecular formula is C12H13NO4. The standard InChI is InChI=1S/C12H13NO4/c1-8(12(15)16)6-7-17-10-4-2-9(3-5-10)11(13)14/h2-6H,7H2,1H3,(H2,13,14)(H,15,16). The van der Waals surface area contributed by atoms with Gasteiger partial charge in [0.1, 0.15) is 12.4 Å². The van der Waals surface area contributed by atoms with Crippen molar-refractivity contribution in [3.63, 3.8) is 0 Å². The zero-order valence-corrected chi connectivity index (χ0v) is 9.34. The third-order valence-electron chi connectivity index (χ3n) is 2.12. The molecule has 0 bridgehead atoms. The molecule has 0 saturated carbocycles. The molecule has 0 aliphatic carbocycles. The van der Waals surface area contributed by atoms with Gasteiger partial charge in [-0.15, -0.1) is 0 Å². The quantitative estimate of drug-likeness (QED) is 0.750. The Hall–Kier alpha value is -2.30. The van der Waals surface area contributed by atoms with Crippen LogP contribution in [0.4, 0.5) is 0 Å². The lowest BCUT2D eigenvalue weighted by Crippen LogP contribution is -2.10. The maximum absolute atomic E-state index is 10.8. The molecule has 0 heterocycles. The number of ether oxygens (including phenoxy) is 1. The molecule has 1 amide bonds. The number of nitrogens with two attached hydrogens (primary N) is 1. The normalized spacial score (nSPS) is 11.0. The van der Waals surface area contributed by atoms with Gasteiger partial charge in [-0.25, -0.2) is 4.79 Å². The zero-order valence-electron chi connectivity index (χ0n) is 9.34. The monoisotopic (exact) mass is 235 g/mol. The number of rotatable bonds is 5. The van der Waals surface area contributed by atoms with Crippen molar-refractivity contribution in [2.45, 2.75) is 6.92 Å². The molecule has 90 valence electrons. The van der Waals surface area contributed by atoms with Crippen molar-refractivity contribution in [1.82, 2.24) is 0 Å². The van der Waals surface area contributed by atoms with Crippen molar-refractivity contribution in [3.05, 3.63) is 41.5 Å². The Labute approximate surface area is 98.5 Å². The largest absolute Gasteiger partial charge is 0.490 e. The van der Waals surface area contributed by atoms with Crippen molar-refractivity contribution in [2.24, 2.45) is 5.73 Å². The highest BCUT2D eigenvalue weighted by molar-refractivity contribution is 5.92. The van der Waals surface area contributed by atoms with Crippen LogP contribution < -0.4 is 10.5 Å². The topological polar surface area (TPSA) is 89.6 Å². The lowest BCUT2D eigenvalue weighted by Gasteiger charge is -2.03. The van der Waals surface area contributed by atoms with Crippen LogP contribution >= 0.6 is 0 Å². The summed E-state index contributed by atoms with van der Waals surface area (Å²) in [6.07, 6.45) is 1.46. The average molecular weight is 235 g/mol. The van der Waals surface area contributed by atoms with Crippen LogP contribution in [0.25, 0.3) is 0 Å². The molecule has 1 rings (SSSR count). The van der Waals surface area contributed by atoms with Crippen LogP contribution in [0.5, 0.6) is 5.75 Å². The second-order valence-corrected chi connectivity index (χ2v) is 3.39. The molecule has 0 spiro atoms. The minimum absolute atomic E-state index is 0.161. The van der Waals surface area contributed by atoms with Gasteiger partial charge in [0.2, 0.25) is 5.91 Å². The zero-order chi connectivity index (χ0) is 12.8. The van der Waals surface area contributed by atoms with Gasteiger partial charge >= 0.3 is 5.97 Å². The Morgan fingerprint density at radius 2 is 1.94 bits per heavy atom. The second-order valence-electron chi connectivity index (χ2n) is 3.39. The highest BCUT2D eigenvalue weighted by atomic mass is 16.5. The summed E-state index contributed by atoms with van der Waals surface area (Å²) in [4.78, 5) is 21.3. The van der Waals surface area contributed by atoms with Gasteiger partial charge in [-0.1, -0.05) is 0 Å². The molecule has 0 unspecified atom stereocenters. The maximum atomic E-state index is 10.8. The average Bonchev–Trinajstić information content (AvgIpc) is 2.29. The van der Waals surface area contributed by atoms with Crippen LogP contribution in [0.3, 0.4) is 0 Å². The number of carboxylic acids is 1. The molecule has 5 nitrogen and oxygen atoms in total. The molecule has 3 N–H and O–H groups in total. The van der Waals surface area contributed by atoms with Crippen LogP contribution in [-0.4, -0.2) is 23.6 Å². The van der Waals surface area contributed by atoms with Crippen LogP contribution in [0.1, 0.15) is 17.3 Å². The molecule has 0 fully saturated rings. The number of amides is 1. The fraction of sp³-hybridized carbons (Fsp3) is 0.167. The van der Waals surface area contributed by atoms with Crippen LogP contribution in [-0.2, 0) is 4.79 Å². The van der Waals surface area contributed by atoms with E-state index in [1.165, 1.54) is 13.0 Å². The summed E-state index contributed by atoms with van der Waals surface area (Å²) >= 11 is 0. The predicted molar refractivity (Wildman–Crippen MR) is 61.8 cm³/mol. The first-order valence-electron chi connectivity index (χ1n) is 4.93. The summed E-state index contributed by atoms with van der Waals surface area (Å²) in [5, 5.41) is 8.60. The fourth-order valence-corrected chi connectivity index (χ4v) is 1.07. The summed E-state index contributed by atoms with van der Waals surface area (Å²) in [5.74, 6) is -0.930. The van der Waals surface area contributed by atoms with E-state index in [2.05, 4.69) is 0 Å². The van der Waals surface area contributed by atoms with Gasteiger partial charge < -0.3 is 15.6 Å². The maximum Gasteiger partial charge on any atom is 0.331 e. The van der Waals surface area contributed by atoms with Crippen molar-refractivity contribution < 1.29 is 19.4 Å². The van der Waals surface area contributed by atoms with Gasteiger partial charge in [0.15, 0.2) is 0 Å². The number of carbonyl (C=O) groups excluding carboxylic acids is 1. The first-order chi connectivity index (χ1) is 8.00. The molecule has 0 aliphatic rings. The Kier molecular flexibility index (Phi) is 4.28. The molecular weight excluding hydrogens is 222 g/mol. The van der Waals surface area contributed by atoms with Gasteiger partial charge in [0.25, 0.3) is 0 Å². The van der Waals surface area contributed by atoms with E-state index in [4.69, 9.17) is 15.6 Å². The molecule has 0 radical (unpaired) electrons. The predicted octanol–water partition coefficient (Wildman–Crippen LogP) is 1.20. The van der Waals surface area contributed by atoms with E-state index < -0.39 is 11.9 Å². The van der Waals surface area contributed by atoms with Crippen LogP contribution in [0, 0.1) is 0 Å². The van der Waals surface area contributed by atoms with Gasteiger partial charge in [-0.2, -0.15) is 0 Å². The Balaban J connectivity index is 2.56. The molecule has 0 saturated heterocycles. The Morgan fingerprint density at radius 3 is 2.41 bits per heavy atom. The number of carboxylic acid groups (broad SMARTS) is 1. The third kappa shape index (κ3) is 3.98. The molecule has 0 aliphatic heterocycles. The molecule has 1 aromatic rings. The van der Waals surface area contributed by atoms with E-state index in [0.717, 1.165) is 0 Å². The fourth-order valence-electron chi connectivity index (χ4n) is 1.07. The van der Waals surface area contributed by atoms with Gasteiger partial charge in [-0.05, 0) is 37.3 Å². The van der Waals surface area contributed by atoms with Gasteiger partial charge in [0, 0.05) is 11.1 Å². The first kappa shape index (κ1) is 12.8. The van der Waals surface area contributed by atoms with Crippen molar-refractivity contribution in [2.75, 3.05) is 6.61 Å². The van der Waals surface area contributed by atoms with E-state index >= 15 is 0 Å². The number of hydrogen-bond donors (Lipinski definition) is 2. The smallest absolute Gasteiger partial charge is 0.331 e. The SMILES string of the molecule is CC(=CCOc1ccc(C(N)=O)cc1)C(=O)O. The van der Waals surface area contributed by atoms with Crippen LogP contribution in [0.15, 0.2) is 35.9 Å². The summed E-state index contributed by atoms with van der Waals surface area (Å²) in [6.45, 7) is 1.65. The number of carbonyl (C=O) groups is 2. The van der Waals surface area contributed by atoms with Gasteiger partial charge in [0.05, 0.1) is 0 Å². The number of benzene rings is 1. The van der Waals surface area contributed by atoms with Crippen molar-refractivity contribution in [3.8, 4) is 5.75 Å². The Bertz CT molecular complexity index is 448. The van der Waals surface area contributed by atoms with Crippen molar-refractivity contribution in [1.29, 1.82) is 0 Å².